The molecule has 1 N–H and O–H groups in total. The van der Waals surface area contributed by atoms with Crippen molar-refractivity contribution >= 4 is 34.8 Å². The van der Waals surface area contributed by atoms with Gasteiger partial charge in [-0.1, -0.05) is 41.4 Å². The fraction of sp³-hybridized carbons (Fsp3) is 0.333. The van der Waals surface area contributed by atoms with Crippen LogP contribution in [0.15, 0.2) is 47.6 Å². The van der Waals surface area contributed by atoms with Gasteiger partial charge in [0.25, 0.3) is 0 Å². The number of hydrogen-bond acceptors (Lipinski definition) is 3. The van der Waals surface area contributed by atoms with E-state index in [1.54, 1.807) is 18.2 Å². The Balaban J connectivity index is 1.49. The number of nitrogens with one attached hydrogen (secondary N) is 1. The summed E-state index contributed by atoms with van der Waals surface area (Å²) in [6.07, 6.45) is 1.50. The number of benzene rings is 2. The Morgan fingerprint density at radius 1 is 1.18 bits per heavy atom. The van der Waals surface area contributed by atoms with E-state index in [0.29, 0.717) is 16.6 Å². The van der Waals surface area contributed by atoms with Crippen LogP contribution < -0.4 is 5.43 Å². The maximum Gasteiger partial charge on any atom is 0.243 e. The van der Waals surface area contributed by atoms with Gasteiger partial charge in [-0.25, -0.2) is 9.82 Å². The largest absolute Gasteiger partial charge is 0.299 e. The summed E-state index contributed by atoms with van der Waals surface area (Å²) < 4.78 is 13.2. The first kappa shape index (κ1) is 20.8. The van der Waals surface area contributed by atoms with E-state index in [-0.39, 0.29) is 17.6 Å². The lowest BCUT2D eigenvalue weighted by molar-refractivity contribution is -0.126. The first-order chi connectivity index (χ1) is 13.4. The van der Waals surface area contributed by atoms with Crippen molar-refractivity contribution in [2.24, 2.45) is 11.0 Å². The number of likely N-dealkylation sites (tertiary alicyclic amines) is 1. The summed E-state index contributed by atoms with van der Waals surface area (Å²) in [6, 6.07) is 11.8. The summed E-state index contributed by atoms with van der Waals surface area (Å²) in [6.45, 7) is 4.07. The van der Waals surface area contributed by atoms with Crippen LogP contribution in [-0.2, 0) is 11.3 Å². The lowest BCUT2D eigenvalue weighted by atomic mass is 9.96. The molecule has 1 amide bonds. The van der Waals surface area contributed by atoms with Crippen molar-refractivity contribution < 1.29 is 9.18 Å². The molecule has 0 aliphatic carbocycles. The number of carbonyl (C=O) groups is 1. The Hall–Kier alpha value is -1.95. The molecule has 1 aliphatic heterocycles. The predicted octanol–water partition coefficient (Wildman–Crippen LogP) is 4.88. The van der Waals surface area contributed by atoms with Crippen LogP contribution in [0.25, 0.3) is 0 Å². The Kier molecular flexibility index (Phi) is 7.05. The van der Waals surface area contributed by atoms with Crippen LogP contribution in [0.1, 0.15) is 30.9 Å². The van der Waals surface area contributed by atoms with Crippen LogP contribution in [0.3, 0.4) is 0 Å². The van der Waals surface area contributed by atoms with Gasteiger partial charge >= 0.3 is 0 Å². The summed E-state index contributed by atoms with van der Waals surface area (Å²) >= 11 is 12.0. The molecule has 4 nitrogen and oxygen atoms in total. The second kappa shape index (κ2) is 9.50. The van der Waals surface area contributed by atoms with Gasteiger partial charge in [0, 0.05) is 22.5 Å². The van der Waals surface area contributed by atoms with Crippen molar-refractivity contribution in [2.75, 3.05) is 13.1 Å². The first-order valence-corrected chi connectivity index (χ1v) is 9.94. The first-order valence-electron chi connectivity index (χ1n) is 9.19. The van der Waals surface area contributed by atoms with E-state index in [1.807, 2.05) is 19.1 Å². The van der Waals surface area contributed by atoms with Gasteiger partial charge in [0.1, 0.15) is 5.82 Å². The molecule has 3 rings (SSSR count). The Bertz CT molecular complexity index is 862. The van der Waals surface area contributed by atoms with E-state index in [1.165, 1.54) is 12.1 Å². The van der Waals surface area contributed by atoms with E-state index in [0.717, 1.165) is 42.8 Å². The molecule has 0 radical (unpaired) electrons. The maximum atomic E-state index is 13.2. The highest BCUT2D eigenvalue weighted by Crippen LogP contribution is 2.23. The average Bonchev–Trinajstić information content (AvgIpc) is 2.69. The molecule has 0 unspecified atom stereocenters. The second-order valence-electron chi connectivity index (χ2n) is 6.97. The molecule has 28 heavy (non-hydrogen) atoms. The molecule has 0 bridgehead atoms. The normalized spacial score (nSPS) is 16.2. The molecule has 0 saturated carbocycles. The summed E-state index contributed by atoms with van der Waals surface area (Å²) in [5.74, 6) is -0.465. The molecular weight excluding hydrogens is 400 g/mol. The molecule has 1 heterocycles. The number of hydrazone groups is 1. The van der Waals surface area contributed by atoms with Crippen molar-refractivity contribution in [2.45, 2.75) is 26.3 Å². The molecular formula is C21H22Cl2FN3O. The molecule has 1 fully saturated rings. The SMILES string of the molecule is C/C(=N\NC(=O)C1CCN(Cc2ccc(F)cc2Cl)CC1)c1ccc(Cl)cc1. The average molecular weight is 422 g/mol. The van der Waals surface area contributed by atoms with Gasteiger partial charge in [-0.15, -0.1) is 0 Å². The van der Waals surface area contributed by atoms with E-state index in [4.69, 9.17) is 23.2 Å². The minimum absolute atomic E-state index is 0.0622. The van der Waals surface area contributed by atoms with Crippen LogP contribution in [0.5, 0.6) is 0 Å². The number of nitrogens with zero attached hydrogens (tertiary/aromatic N) is 2. The number of halogens is 3. The monoisotopic (exact) mass is 421 g/mol. The standard InChI is InChI=1S/C21H22Cl2FN3O/c1-14(15-2-5-18(22)6-3-15)25-26-21(28)16-8-10-27(11-9-16)13-17-4-7-19(24)12-20(17)23/h2-7,12,16H,8-11,13H2,1H3,(H,26,28)/b25-14+. The van der Waals surface area contributed by atoms with Crippen molar-refractivity contribution in [3.8, 4) is 0 Å². The minimum Gasteiger partial charge on any atom is -0.299 e. The summed E-state index contributed by atoms with van der Waals surface area (Å²) in [5.41, 5.74) is 5.22. The summed E-state index contributed by atoms with van der Waals surface area (Å²) in [7, 11) is 0. The summed E-state index contributed by atoms with van der Waals surface area (Å²) in [4.78, 5) is 14.7. The minimum atomic E-state index is -0.335. The van der Waals surface area contributed by atoms with Crippen LogP contribution in [0.2, 0.25) is 10.0 Å². The Morgan fingerprint density at radius 3 is 2.50 bits per heavy atom. The van der Waals surface area contributed by atoms with Crippen LogP contribution >= 0.6 is 23.2 Å². The molecule has 0 atom stereocenters. The van der Waals surface area contributed by atoms with Crippen molar-refractivity contribution in [3.63, 3.8) is 0 Å². The highest BCUT2D eigenvalue weighted by atomic mass is 35.5. The number of carbonyl (C=O) groups excluding carboxylic acids is 1. The quantitative estimate of drug-likeness (QED) is 0.551. The topological polar surface area (TPSA) is 44.7 Å². The fourth-order valence-electron chi connectivity index (χ4n) is 3.23. The third kappa shape index (κ3) is 5.53. The molecule has 1 aliphatic rings. The zero-order valence-electron chi connectivity index (χ0n) is 15.6. The molecule has 1 saturated heterocycles. The van der Waals surface area contributed by atoms with Gasteiger partial charge in [0.2, 0.25) is 5.91 Å². The summed E-state index contributed by atoms with van der Waals surface area (Å²) in [5, 5.41) is 5.31. The van der Waals surface area contributed by atoms with Crippen molar-refractivity contribution in [1.29, 1.82) is 0 Å². The van der Waals surface area contributed by atoms with Gasteiger partial charge in [0.05, 0.1) is 5.71 Å². The maximum absolute atomic E-state index is 13.2. The number of hydrogen-bond donors (Lipinski definition) is 1. The van der Waals surface area contributed by atoms with E-state index in [9.17, 15) is 9.18 Å². The molecule has 2 aromatic carbocycles. The highest BCUT2D eigenvalue weighted by molar-refractivity contribution is 6.31. The molecule has 7 heteroatoms. The zero-order chi connectivity index (χ0) is 20.1. The zero-order valence-corrected chi connectivity index (χ0v) is 17.1. The van der Waals surface area contributed by atoms with Gasteiger partial charge in [-0.05, 0) is 68.2 Å². The van der Waals surface area contributed by atoms with E-state index >= 15 is 0 Å². The third-order valence-electron chi connectivity index (χ3n) is 4.96. The van der Waals surface area contributed by atoms with Crippen LogP contribution in [0.4, 0.5) is 4.39 Å². The van der Waals surface area contributed by atoms with Crippen LogP contribution in [-0.4, -0.2) is 29.6 Å². The Labute approximate surface area is 174 Å². The van der Waals surface area contributed by atoms with Gasteiger partial charge in [-0.2, -0.15) is 5.10 Å². The molecule has 2 aromatic rings. The number of amides is 1. The van der Waals surface area contributed by atoms with Gasteiger partial charge < -0.3 is 0 Å². The van der Waals surface area contributed by atoms with Gasteiger partial charge in [0.15, 0.2) is 0 Å². The predicted molar refractivity (Wildman–Crippen MR) is 111 cm³/mol. The van der Waals surface area contributed by atoms with E-state index in [2.05, 4.69) is 15.4 Å². The molecule has 0 spiro atoms. The number of rotatable bonds is 5. The number of piperidine rings is 1. The van der Waals surface area contributed by atoms with E-state index < -0.39 is 0 Å². The highest BCUT2D eigenvalue weighted by Gasteiger charge is 2.25. The third-order valence-corrected chi connectivity index (χ3v) is 5.57. The molecule has 0 aromatic heterocycles. The lowest BCUT2D eigenvalue weighted by Crippen LogP contribution is -2.39. The smallest absolute Gasteiger partial charge is 0.243 e. The Morgan fingerprint density at radius 2 is 1.86 bits per heavy atom. The van der Waals surface area contributed by atoms with Gasteiger partial charge in [-0.3, -0.25) is 9.69 Å². The van der Waals surface area contributed by atoms with Crippen molar-refractivity contribution in [1.82, 2.24) is 10.3 Å². The molecule has 148 valence electrons. The lowest BCUT2D eigenvalue weighted by Gasteiger charge is -2.31. The second-order valence-corrected chi connectivity index (χ2v) is 7.81. The van der Waals surface area contributed by atoms with Crippen LogP contribution in [0, 0.1) is 11.7 Å². The van der Waals surface area contributed by atoms with Crippen molar-refractivity contribution in [3.05, 3.63) is 69.5 Å². The fourth-order valence-corrected chi connectivity index (χ4v) is 3.58.